The highest BCUT2D eigenvalue weighted by molar-refractivity contribution is 5.80. The predicted molar refractivity (Wildman–Crippen MR) is 120 cm³/mol. The Labute approximate surface area is 197 Å². The average molecular weight is 485 g/mol. The molecule has 1 atom stereocenters. The Morgan fingerprint density at radius 1 is 1.06 bits per heavy atom. The number of hydrogen-bond acceptors (Lipinski definition) is 10. The van der Waals surface area contributed by atoms with Gasteiger partial charge in [0.1, 0.15) is 19.0 Å². The summed E-state index contributed by atoms with van der Waals surface area (Å²) in [6.45, 7) is 2.38. The van der Waals surface area contributed by atoms with E-state index in [-0.39, 0.29) is 47.5 Å². The number of rotatable bonds is 15. The second kappa shape index (κ2) is 14.7. The van der Waals surface area contributed by atoms with Crippen molar-refractivity contribution in [1.29, 1.82) is 0 Å². The monoisotopic (exact) mass is 484 g/mol. The van der Waals surface area contributed by atoms with E-state index < -0.39 is 36.2 Å². The Morgan fingerprint density at radius 2 is 1.68 bits per heavy atom. The first-order chi connectivity index (χ1) is 16.1. The number of unbranched alkanes of at least 4 members (excludes halogenated alkanes) is 1. The molecular weight excluding hydrogens is 452 g/mol. The molecule has 1 aromatic rings. The maximum Gasteiger partial charge on any atom is 0.407 e. The third-order valence-electron chi connectivity index (χ3n) is 4.83. The molecular formula is C22H32N2O10. The van der Waals surface area contributed by atoms with Crippen LogP contribution in [-0.4, -0.2) is 61.4 Å². The molecule has 34 heavy (non-hydrogen) atoms. The lowest BCUT2D eigenvalue weighted by Gasteiger charge is -2.16. The van der Waals surface area contributed by atoms with Gasteiger partial charge >= 0.3 is 12.1 Å². The summed E-state index contributed by atoms with van der Waals surface area (Å²) in [6, 6.07) is 1.55. The van der Waals surface area contributed by atoms with E-state index in [1.165, 1.54) is 20.3 Å². The number of carbonyl (C=O) groups is 3. The predicted octanol–water partition coefficient (Wildman–Crippen LogP) is 2.53. The number of aliphatic hydroxyl groups excluding tert-OH is 1. The molecule has 1 unspecified atom stereocenters. The normalized spacial score (nSPS) is 11.5. The summed E-state index contributed by atoms with van der Waals surface area (Å²) in [5.41, 5.74) is -0.256. The van der Waals surface area contributed by atoms with Gasteiger partial charge in [-0.2, -0.15) is 0 Å². The summed E-state index contributed by atoms with van der Waals surface area (Å²) in [4.78, 5) is 46.1. The fourth-order valence-corrected chi connectivity index (χ4v) is 2.81. The zero-order valence-electron chi connectivity index (χ0n) is 19.8. The first-order valence-corrected chi connectivity index (χ1v) is 10.7. The number of Topliss-reactive ketones (excluding diaryl/α,β-unsaturated/α-hetero) is 1. The molecule has 2 N–H and O–H groups in total. The molecule has 1 aromatic carbocycles. The fourth-order valence-electron chi connectivity index (χ4n) is 2.81. The lowest BCUT2D eigenvalue weighted by atomic mass is 10.0. The number of hydrogen-bond donors (Lipinski definition) is 2. The number of aliphatic hydroxyl groups is 1. The molecule has 0 bridgehead atoms. The standard InChI is InChI=1S/C22H32N2O10/c1-14(2)18(26)7-5-6-8-21(27)33-13-16(11-25)23-22(28)34-12-15-9-19(31-3)20(32-4)10-17(15)24(29)30/h9-10,14,16,25H,5-8,11-13H2,1-4H3,(H,23,28). The maximum atomic E-state index is 12.1. The molecule has 0 aliphatic heterocycles. The van der Waals surface area contributed by atoms with E-state index in [1.807, 2.05) is 13.8 Å². The summed E-state index contributed by atoms with van der Waals surface area (Å²) < 4.78 is 20.2. The highest BCUT2D eigenvalue weighted by Crippen LogP contribution is 2.34. The van der Waals surface area contributed by atoms with Crippen molar-refractivity contribution in [3.05, 3.63) is 27.8 Å². The molecule has 1 amide bonds. The van der Waals surface area contributed by atoms with Gasteiger partial charge in [0, 0.05) is 18.8 Å². The maximum absolute atomic E-state index is 12.1. The minimum absolute atomic E-state index is 0.0408. The highest BCUT2D eigenvalue weighted by Gasteiger charge is 2.22. The molecule has 0 aliphatic rings. The number of esters is 1. The lowest BCUT2D eigenvalue weighted by Crippen LogP contribution is -2.41. The van der Waals surface area contributed by atoms with Crippen LogP contribution >= 0.6 is 0 Å². The smallest absolute Gasteiger partial charge is 0.407 e. The molecule has 12 heteroatoms. The van der Waals surface area contributed by atoms with Crippen LogP contribution in [-0.2, 0) is 25.7 Å². The highest BCUT2D eigenvalue weighted by atomic mass is 16.6. The Kier molecular flexibility index (Phi) is 12.4. The van der Waals surface area contributed by atoms with E-state index in [2.05, 4.69) is 5.32 Å². The van der Waals surface area contributed by atoms with Gasteiger partial charge in [-0.25, -0.2) is 4.79 Å². The molecule has 0 aromatic heterocycles. The van der Waals surface area contributed by atoms with E-state index in [9.17, 15) is 29.6 Å². The van der Waals surface area contributed by atoms with Crippen LogP contribution in [0.2, 0.25) is 0 Å². The van der Waals surface area contributed by atoms with Crippen molar-refractivity contribution in [1.82, 2.24) is 5.32 Å². The van der Waals surface area contributed by atoms with Crippen molar-refractivity contribution >= 4 is 23.5 Å². The van der Waals surface area contributed by atoms with Crippen LogP contribution in [0.15, 0.2) is 12.1 Å². The number of alkyl carbamates (subject to hydrolysis) is 1. The number of nitro benzene ring substituents is 1. The van der Waals surface area contributed by atoms with E-state index in [0.717, 1.165) is 6.07 Å². The Balaban J connectivity index is 2.52. The Bertz CT molecular complexity index is 856. The number of amides is 1. The first-order valence-electron chi connectivity index (χ1n) is 10.7. The van der Waals surface area contributed by atoms with E-state index >= 15 is 0 Å². The number of ether oxygens (including phenoxy) is 4. The summed E-state index contributed by atoms with van der Waals surface area (Å²) in [5.74, 6) is -0.0562. The zero-order valence-corrected chi connectivity index (χ0v) is 19.8. The van der Waals surface area contributed by atoms with Gasteiger partial charge in [0.25, 0.3) is 5.69 Å². The zero-order chi connectivity index (χ0) is 25.7. The summed E-state index contributed by atoms with van der Waals surface area (Å²) in [6.07, 6.45) is 0.599. The Morgan fingerprint density at radius 3 is 2.24 bits per heavy atom. The molecule has 190 valence electrons. The van der Waals surface area contributed by atoms with Gasteiger partial charge in [0.2, 0.25) is 0 Å². The topological polar surface area (TPSA) is 164 Å². The lowest BCUT2D eigenvalue weighted by molar-refractivity contribution is -0.385. The van der Waals surface area contributed by atoms with E-state index in [4.69, 9.17) is 18.9 Å². The molecule has 0 heterocycles. The number of nitrogens with zero attached hydrogens (tertiary/aromatic N) is 1. The summed E-state index contributed by atoms with van der Waals surface area (Å²) >= 11 is 0. The third kappa shape index (κ3) is 9.61. The number of benzene rings is 1. The van der Waals surface area contributed by atoms with Gasteiger partial charge < -0.3 is 29.4 Å². The van der Waals surface area contributed by atoms with Crippen molar-refractivity contribution in [2.75, 3.05) is 27.4 Å². The number of nitrogens with one attached hydrogen (secondary N) is 1. The summed E-state index contributed by atoms with van der Waals surface area (Å²) in [5, 5.41) is 23.1. The minimum Gasteiger partial charge on any atom is -0.493 e. The molecule has 0 saturated heterocycles. The quantitative estimate of drug-likeness (QED) is 0.164. The van der Waals surface area contributed by atoms with Crippen molar-refractivity contribution < 1.29 is 43.4 Å². The van der Waals surface area contributed by atoms with E-state index in [0.29, 0.717) is 19.3 Å². The fraction of sp³-hybridized carbons (Fsp3) is 0.591. The van der Waals surface area contributed by atoms with Gasteiger partial charge in [0.05, 0.1) is 43.4 Å². The molecule has 0 aliphatic carbocycles. The Hall–Kier alpha value is -3.41. The van der Waals surface area contributed by atoms with Crippen molar-refractivity contribution in [3.63, 3.8) is 0 Å². The first kappa shape index (κ1) is 28.6. The summed E-state index contributed by atoms with van der Waals surface area (Å²) in [7, 11) is 2.69. The molecule has 0 radical (unpaired) electrons. The van der Waals surface area contributed by atoms with Gasteiger partial charge in [-0.3, -0.25) is 19.7 Å². The van der Waals surface area contributed by atoms with Crippen LogP contribution in [0.1, 0.15) is 45.1 Å². The van der Waals surface area contributed by atoms with Gasteiger partial charge in [-0.15, -0.1) is 0 Å². The number of methoxy groups -OCH3 is 2. The second-order valence-corrected chi connectivity index (χ2v) is 7.70. The van der Waals surface area contributed by atoms with Crippen molar-refractivity contribution in [2.24, 2.45) is 5.92 Å². The van der Waals surface area contributed by atoms with Crippen LogP contribution in [0.4, 0.5) is 10.5 Å². The molecule has 0 fully saturated rings. The molecule has 12 nitrogen and oxygen atoms in total. The largest absolute Gasteiger partial charge is 0.493 e. The van der Waals surface area contributed by atoms with Gasteiger partial charge in [0.15, 0.2) is 11.5 Å². The molecule has 0 saturated carbocycles. The van der Waals surface area contributed by atoms with Gasteiger partial charge in [-0.05, 0) is 18.9 Å². The van der Waals surface area contributed by atoms with Crippen LogP contribution in [0.25, 0.3) is 0 Å². The molecule has 1 rings (SSSR count). The van der Waals surface area contributed by atoms with Gasteiger partial charge in [-0.1, -0.05) is 13.8 Å². The minimum atomic E-state index is -0.966. The van der Waals surface area contributed by atoms with Crippen LogP contribution < -0.4 is 14.8 Å². The van der Waals surface area contributed by atoms with Crippen molar-refractivity contribution in [2.45, 2.75) is 52.2 Å². The van der Waals surface area contributed by atoms with Crippen LogP contribution in [0.5, 0.6) is 11.5 Å². The number of nitro groups is 1. The van der Waals surface area contributed by atoms with Crippen LogP contribution in [0, 0.1) is 16.0 Å². The second-order valence-electron chi connectivity index (χ2n) is 7.70. The number of carbonyl (C=O) groups excluding carboxylic acids is 3. The third-order valence-corrected chi connectivity index (χ3v) is 4.83. The average Bonchev–Trinajstić information content (AvgIpc) is 2.81. The SMILES string of the molecule is COc1cc(COC(=O)NC(CO)COC(=O)CCCCC(=O)C(C)C)c([N+](=O)[O-])cc1OC. The van der Waals surface area contributed by atoms with Crippen molar-refractivity contribution in [3.8, 4) is 11.5 Å². The number of ketones is 1. The van der Waals surface area contributed by atoms with E-state index in [1.54, 1.807) is 0 Å². The van der Waals surface area contributed by atoms with Crippen LogP contribution in [0.3, 0.4) is 0 Å². The molecule has 0 spiro atoms.